The molecule has 7 heteroatoms. The number of carbonyl (C=O) groups excluding carboxylic acids is 1. The summed E-state index contributed by atoms with van der Waals surface area (Å²) in [5.41, 5.74) is 1.07. The lowest BCUT2D eigenvalue weighted by Crippen LogP contribution is -2.38. The van der Waals surface area contributed by atoms with Crippen molar-refractivity contribution in [3.05, 3.63) is 84.1 Å². The molecular weight excluding hydrogens is 468 g/mol. The van der Waals surface area contributed by atoms with Gasteiger partial charge in [0.25, 0.3) is 0 Å². The van der Waals surface area contributed by atoms with E-state index in [1.165, 1.54) is 0 Å². The zero-order chi connectivity index (χ0) is 26.1. The van der Waals surface area contributed by atoms with Crippen molar-refractivity contribution in [3.63, 3.8) is 0 Å². The van der Waals surface area contributed by atoms with Gasteiger partial charge in [-0.2, -0.15) is 0 Å². The number of rotatable bonds is 10. The van der Waals surface area contributed by atoms with E-state index in [1.54, 1.807) is 12.3 Å². The number of benzene rings is 2. The van der Waals surface area contributed by atoms with Crippen molar-refractivity contribution in [1.29, 1.82) is 0 Å². The molecule has 0 aliphatic carbocycles. The normalized spacial score (nSPS) is 14.3. The number of nitrogens with zero attached hydrogens (tertiary/aromatic N) is 2. The van der Waals surface area contributed by atoms with E-state index >= 15 is 0 Å². The van der Waals surface area contributed by atoms with Gasteiger partial charge in [0.15, 0.2) is 0 Å². The van der Waals surface area contributed by atoms with E-state index in [9.17, 15) is 4.79 Å². The maximum Gasteiger partial charge on any atom is 0.340 e. The summed E-state index contributed by atoms with van der Waals surface area (Å²) in [4.78, 5) is 18.9. The maximum absolute atomic E-state index is 12.2. The van der Waals surface area contributed by atoms with Gasteiger partial charge in [-0.3, -0.25) is 0 Å². The maximum atomic E-state index is 12.2. The van der Waals surface area contributed by atoms with Crippen molar-refractivity contribution in [1.82, 2.24) is 4.98 Å². The van der Waals surface area contributed by atoms with E-state index in [0.29, 0.717) is 25.4 Å². The Kier molecular flexibility index (Phi) is 9.01. The van der Waals surface area contributed by atoms with Crippen molar-refractivity contribution in [2.75, 3.05) is 31.2 Å². The lowest BCUT2D eigenvalue weighted by atomic mass is 10.1. The first-order valence-electron chi connectivity index (χ1n) is 12.8. The highest BCUT2D eigenvalue weighted by Crippen LogP contribution is 2.22. The number of esters is 1. The highest BCUT2D eigenvalue weighted by molar-refractivity contribution is 5.89. The molecular formula is C30H36N2O5. The Hall–Kier alpha value is -3.58. The van der Waals surface area contributed by atoms with Gasteiger partial charge < -0.3 is 23.8 Å². The number of hydrogen-bond donors (Lipinski definition) is 0. The summed E-state index contributed by atoms with van der Waals surface area (Å²) in [6.07, 6.45) is 3.61. The van der Waals surface area contributed by atoms with Gasteiger partial charge in [-0.05, 0) is 63.4 Å². The summed E-state index contributed by atoms with van der Waals surface area (Å²) in [5.74, 6) is 2.06. The van der Waals surface area contributed by atoms with Crippen LogP contribution in [0.25, 0.3) is 0 Å². The Morgan fingerprint density at radius 3 is 2.32 bits per heavy atom. The predicted molar refractivity (Wildman–Crippen MR) is 143 cm³/mol. The molecule has 0 spiro atoms. The minimum atomic E-state index is -0.524. The molecule has 1 saturated heterocycles. The second kappa shape index (κ2) is 12.6. The van der Waals surface area contributed by atoms with Crippen molar-refractivity contribution < 1.29 is 23.7 Å². The molecule has 1 aliphatic rings. The molecule has 0 saturated carbocycles. The van der Waals surface area contributed by atoms with E-state index in [-0.39, 0.29) is 12.1 Å². The summed E-state index contributed by atoms with van der Waals surface area (Å²) in [6.45, 7) is 8.80. The first-order valence-corrected chi connectivity index (χ1v) is 12.8. The van der Waals surface area contributed by atoms with Crippen LogP contribution in [-0.2, 0) is 16.1 Å². The number of hydrogen-bond acceptors (Lipinski definition) is 7. The van der Waals surface area contributed by atoms with Crippen LogP contribution in [0.15, 0.2) is 72.9 Å². The van der Waals surface area contributed by atoms with Crippen molar-refractivity contribution in [2.45, 2.75) is 51.9 Å². The molecule has 3 aromatic rings. The average Bonchev–Trinajstić information content (AvgIpc) is 2.90. The zero-order valence-corrected chi connectivity index (χ0v) is 21.9. The zero-order valence-electron chi connectivity index (χ0n) is 21.9. The molecule has 2 heterocycles. The minimum Gasteiger partial charge on any atom is -0.491 e. The Labute approximate surface area is 219 Å². The smallest absolute Gasteiger partial charge is 0.340 e. The lowest BCUT2D eigenvalue weighted by molar-refractivity contribution is 0.00691. The molecule has 37 heavy (non-hydrogen) atoms. The van der Waals surface area contributed by atoms with E-state index in [4.69, 9.17) is 18.9 Å². The third-order valence-electron chi connectivity index (χ3n) is 5.91. The molecule has 0 bridgehead atoms. The van der Waals surface area contributed by atoms with Gasteiger partial charge in [-0.1, -0.05) is 36.4 Å². The summed E-state index contributed by atoms with van der Waals surface area (Å²) in [7, 11) is 0. The van der Waals surface area contributed by atoms with Gasteiger partial charge in [-0.15, -0.1) is 0 Å². The Morgan fingerprint density at radius 2 is 1.65 bits per heavy atom. The summed E-state index contributed by atoms with van der Waals surface area (Å²) in [6, 6.07) is 21.4. The van der Waals surface area contributed by atoms with Crippen LogP contribution in [0.3, 0.4) is 0 Å². The Morgan fingerprint density at radius 1 is 0.919 bits per heavy atom. The highest BCUT2D eigenvalue weighted by atomic mass is 16.6. The fourth-order valence-electron chi connectivity index (χ4n) is 4.05. The third kappa shape index (κ3) is 8.50. The number of pyridine rings is 1. The Bertz CT molecular complexity index is 1120. The number of piperidine rings is 1. The van der Waals surface area contributed by atoms with Crippen LogP contribution in [0.2, 0.25) is 0 Å². The lowest BCUT2D eigenvalue weighted by Gasteiger charge is -2.32. The van der Waals surface area contributed by atoms with Gasteiger partial charge in [0.05, 0.1) is 18.3 Å². The van der Waals surface area contributed by atoms with Crippen LogP contribution in [0.5, 0.6) is 11.5 Å². The van der Waals surface area contributed by atoms with Crippen LogP contribution < -0.4 is 14.4 Å². The van der Waals surface area contributed by atoms with Crippen molar-refractivity contribution in [2.24, 2.45) is 0 Å². The minimum absolute atomic E-state index is 0.196. The van der Waals surface area contributed by atoms with Crippen LogP contribution in [-0.4, -0.2) is 49.0 Å². The van der Waals surface area contributed by atoms with Gasteiger partial charge in [0.2, 0.25) is 0 Å². The van der Waals surface area contributed by atoms with Gasteiger partial charge >= 0.3 is 5.97 Å². The number of aromatic nitrogens is 1. The standard InChI is InChI=1S/C30H36N2O5/c1-30(2,3)37-29(33)24-12-13-28(31-21-24)32-16-14-25(15-17-32)34-18-19-35-26-10-7-11-27(20-26)36-22-23-8-5-4-6-9-23/h4-13,20-21,25H,14-19,22H2,1-3H3. The van der Waals surface area contributed by atoms with Crippen LogP contribution in [0.4, 0.5) is 5.82 Å². The molecule has 7 nitrogen and oxygen atoms in total. The van der Waals surface area contributed by atoms with Crippen LogP contribution >= 0.6 is 0 Å². The number of ether oxygens (including phenoxy) is 4. The van der Waals surface area contributed by atoms with E-state index in [1.807, 2.05) is 81.4 Å². The largest absolute Gasteiger partial charge is 0.491 e. The SMILES string of the molecule is CC(C)(C)OC(=O)c1ccc(N2CCC(OCCOc3cccc(OCc4ccccc4)c3)CC2)nc1. The predicted octanol–water partition coefficient (Wildman–Crippen LogP) is 5.68. The molecule has 0 radical (unpaired) electrons. The fourth-order valence-corrected chi connectivity index (χ4v) is 4.05. The molecule has 4 rings (SSSR count). The van der Waals surface area contributed by atoms with Crippen molar-refractivity contribution >= 4 is 11.8 Å². The summed E-state index contributed by atoms with van der Waals surface area (Å²) < 4.78 is 23.2. The molecule has 196 valence electrons. The average molecular weight is 505 g/mol. The van der Waals surface area contributed by atoms with Crippen LogP contribution in [0.1, 0.15) is 49.5 Å². The van der Waals surface area contributed by atoms with Gasteiger partial charge in [0.1, 0.15) is 36.1 Å². The quantitative estimate of drug-likeness (QED) is 0.260. The molecule has 2 aromatic carbocycles. The summed E-state index contributed by atoms with van der Waals surface area (Å²) in [5, 5.41) is 0. The number of carbonyl (C=O) groups is 1. The van der Waals surface area contributed by atoms with E-state index in [0.717, 1.165) is 48.8 Å². The topological polar surface area (TPSA) is 70.1 Å². The van der Waals surface area contributed by atoms with Gasteiger partial charge in [0, 0.05) is 25.4 Å². The molecule has 0 N–H and O–H groups in total. The second-order valence-electron chi connectivity index (χ2n) is 10.1. The molecule has 1 fully saturated rings. The second-order valence-corrected chi connectivity index (χ2v) is 10.1. The Balaban J connectivity index is 1.14. The molecule has 0 unspecified atom stereocenters. The first-order chi connectivity index (χ1) is 17.9. The molecule has 1 aliphatic heterocycles. The first kappa shape index (κ1) is 26.5. The van der Waals surface area contributed by atoms with E-state index in [2.05, 4.69) is 9.88 Å². The van der Waals surface area contributed by atoms with Crippen molar-refractivity contribution in [3.8, 4) is 11.5 Å². The molecule has 1 aromatic heterocycles. The van der Waals surface area contributed by atoms with Crippen LogP contribution in [0, 0.1) is 0 Å². The van der Waals surface area contributed by atoms with Gasteiger partial charge in [-0.25, -0.2) is 9.78 Å². The monoisotopic (exact) mass is 504 g/mol. The molecule has 0 amide bonds. The summed E-state index contributed by atoms with van der Waals surface area (Å²) >= 11 is 0. The molecule has 0 atom stereocenters. The fraction of sp³-hybridized carbons (Fsp3) is 0.400. The third-order valence-corrected chi connectivity index (χ3v) is 5.91. The highest BCUT2D eigenvalue weighted by Gasteiger charge is 2.22. The van der Waals surface area contributed by atoms with E-state index < -0.39 is 5.60 Å². The number of anilines is 1.